The molecule has 2 aromatic rings. The molecule has 10 heteroatoms. The number of amides is 1. The third-order valence-corrected chi connectivity index (χ3v) is 7.52. The maximum atomic E-state index is 12.6. The maximum absolute atomic E-state index is 12.6. The van der Waals surface area contributed by atoms with Crippen molar-refractivity contribution >= 4 is 27.0 Å². The zero-order valence-electron chi connectivity index (χ0n) is 17.3. The van der Waals surface area contributed by atoms with Crippen molar-refractivity contribution < 1.29 is 13.2 Å². The van der Waals surface area contributed by atoms with E-state index in [1.807, 2.05) is 16.3 Å². The highest BCUT2D eigenvalue weighted by atomic mass is 32.2. The molecule has 0 saturated carbocycles. The van der Waals surface area contributed by atoms with Gasteiger partial charge in [0.05, 0.1) is 23.7 Å². The lowest BCUT2D eigenvalue weighted by atomic mass is 10.3. The Kier molecular flexibility index (Phi) is 5.81. The van der Waals surface area contributed by atoms with Crippen LogP contribution in [-0.2, 0) is 21.4 Å². The van der Waals surface area contributed by atoms with Crippen molar-refractivity contribution in [2.45, 2.75) is 58.9 Å². The van der Waals surface area contributed by atoms with E-state index in [9.17, 15) is 13.2 Å². The van der Waals surface area contributed by atoms with Crippen LogP contribution in [0.4, 0.5) is 0 Å². The highest BCUT2D eigenvalue weighted by Gasteiger charge is 2.30. The molecular formula is C18H30N6O3S. The first kappa shape index (κ1) is 20.8. The van der Waals surface area contributed by atoms with Gasteiger partial charge in [0.15, 0.2) is 0 Å². The minimum absolute atomic E-state index is 0.0270. The van der Waals surface area contributed by atoms with E-state index in [2.05, 4.69) is 24.0 Å². The standard InChI is InChI=1S/C18H30N6O3S/c1-13(2)24-16-12-19-23(18(16)15(5)20-24)7-6-17(25)21-8-10-22(11-9-21)28(26,27)14(3)4/h12-14H,6-11H2,1-5H3. The second-order valence-corrected chi connectivity index (χ2v) is 10.3. The van der Waals surface area contributed by atoms with Crippen molar-refractivity contribution in [2.24, 2.45) is 0 Å². The van der Waals surface area contributed by atoms with Crippen LogP contribution in [0.25, 0.3) is 11.0 Å². The van der Waals surface area contributed by atoms with Crippen LogP contribution < -0.4 is 0 Å². The van der Waals surface area contributed by atoms with E-state index in [1.165, 1.54) is 4.31 Å². The summed E-state index contributed by atoms with van der Waals surface area (Å²) in [5, 5.41) is 8.57. The third kappa shape index (κ3) is 3.80. The molecule has 9 nitrogen and oxygen atoms in total. The number of fused-ring (bicyclic) bond motifs is 1. The molecule has 156 valence electrons. The van der Waals surface area contributed by atoms with Gasteiger partial charge >= 0.3 is 0 Å². The van der Waals surface area contributed by atoms with E-state index in [4.69, 9.17) is 0 Å². The van der Waals surface area contributed by atoms with Crippen LogP contribution in [0, 0.1) is 6.92 Å². The molecule has 3 rings (SSSR count). The van der Waals surface area contributed by atoms with Crippen molar-refractivity contribution in [3.63, 3.8) is 0 Å². The van der Waals surface area contributed by atoms with Gasteiger partial charge in [0, 0.05) is 38.6 Å². The molecule has 0 atom stereocenters. The molecule has 0 N–H and O–H groups in total. The molecule has 1 fully saturated rings. The summed E-state index contributed by atoms with van der Waals surface area (Å²) in [5.41, 5.74) is 2.85. The number of sulfonamides is 1. The average molecular weight is 411 g/mol. The van der Waals surface area contributed by atoms with Gasteiger partial charge in [-0.2, -0.15) is 14.5 Å². The molecule has 3 heterocycles. The molecule has 28 heavy (non-hydrogen) atoms. The first-order valence-electron chi connectivity index (χ1n) is 9.80. The van der Waals surface area contributed by atoms with Gasteiger partial charge in [0.1, 0.15) is 11.0 Å². The van der Waals surface area contributed by atoms with Crippen LogP contribution in [0.1, 0.15) is 45.9 Å². The zero-order chi connectivity index (χ0) is 20.6. The lowest BCUT2D eigenvalue weighted by Crippen LogP contribution is -2.52. The zero-order valence-corrected chi connectivity index (χ0v) is 18.1. The summed E-state index contributed by atoms with van der Waals surface area (Å²) < 4.78 is 29.8. The van der Waals surface area contributed by atoms with Gasteiger partial charge in [0.25, 0.3) is 0 Å². The van der Waals surface area contributed by atoms with E-state index in [0.717, 1.165) is 16.7 Å². The summed E-state index contributed by atoms with van der Waals surface area (Å²) in [6, 6.07) is 0.244. The SMILES string of the molecule is Cc1nn(C(C)C)c2cnn(CCC(=O)N3CCN(S(=O)(=O)C(C)C)CC3)c12. The van der Waals surface area contributed by atoms with Gasteiger partial charge in [0.2, 0.25) is 15.9 Å². The summed E-state index contributed by atoms with van der Waals surface area (Å²) in [7, 11) is -3.26. The molecule has 1 amide bonds. The summed E-state index contributed by atoms with van der Waals surface area (Å²) >= 11 is 0. The fourth-order valence-electron chi connectivity index (χ4n) is 3.59. The van der Waals surface area contributed by atoms with Gasteiger partial charge in [-0.1, -0.05) is 0 Å². The van der Waals surface area contributed by atoms with Crippen LogP contribution in [0.3, 0.4) is 0 Å². The van der Waals surface area contributed by atoms with E-state index in [-0.39, 0.29) is 11.9 Å². The molecule has 0 radical (unpaired) electrons. The number of carbonyl (C=O) groups is 1. The summed E-state index contributed by atoms with van der Waals surface area (Å²) in [5.74, 6) is 0.0270. The molecule has 2 aromatic heterocycles. The smallest absolute Gasteiger partial charge is 0.224 e. The van der Waals surface area contributed by atoms with Crippen molar-refractivity contribution in [3.8, 4) is 0 Å². The fraction of sp³-hybridized carbons (Fsp3) is 0.722. The topological polar surface area (TPSA) is 93.3 Å². The first-order valence-corrected chi connectivity index (χ1v) is 11.3. The molecule has 0 aromatic carbocycles. The van der Waals surface area contributed by atoms with E-state index in [1.54, 1.807) is 24.9 Å². The minimum Gasteiger partial charge on any atom is -0.340 e. The summed E-state index contributed by atoms with van der Waals surface area (Å²) in [6.45, 7) is 11.5. The highest BCUT2D eigenvalue weighted by Crippen LogP contribution is 2.21. The second kappa shape index (κ2) is 7.82. The van der Waals surface area contributed by atoms with Gasteiger partial charge in [-0.25, -0.2) is 8.42 Å². The fourth-order valence-corrected chi connectivity index (χ4v) is 4.86. The van der Waals surface area contributed by atoms with Gasteiger partial charge < -0.3 is 4.90 Å². The van der Waals surface area contributed by atoms with Crippen LogP contribution >= 0.6 is 0 Å². The van der Waals surface area contributed by atoms with Crippen molar-refractivity contribution in [3.05, 3.63) is 11.9 Å². The van der Waals surface area contributed by atoms with Gasteiger partial charge in [-0.15, -0.1) is 0 Å². The quantitative estimate of drug-likeness (QED) is 0.717. The number of hydrogen-bond donors (Lipinski definition) is 0. The van der Waals surface area contributed by atoms with Gasteiger partial charge in [-0.3, -0.25) is 14.2 Å². The molecule has 0 unspecified atom stereocenters. The predicted octanol–water partition coefficient (Wildman–Crippen LogP) is 1.39. The van der Waals surface area contributed by atoms with E-state index in [0.29, 0.717) is 39.1 Å². The van der Waals surface area contributed by atoms with Gasteiger partial charge in [-0.05, 0) is 34.6 Å². The number of nitrogens with zero attached hydrogens (tertiary/aromatic N) is 6. The normalized spacial score (nSPS) is 16.6. The number of aromatic nitrogens is 4. The average Bonchev–Trinajstić information content (AvgIpc) is 3.21. The number of hydrogen-bond acceptors (Lipinski definition) is 5. The van der Waals surface area contributed by atoms with Crippen LogP contribution in [0.15, 0.2) is 6.20 Å². The lowest BCUT2D eigenvalue weighted by molar-refractivity contribution is -0.132. The van der Waals surface area contributed by atoms with Crippen LogP contribution in [-0.4, -0.2) is 74.5 Å². The number of rotatable bonds is 6. The first-order chi connectivity index (χ1) is 13.1. The molecule has 1 aliphatic rings. The molecule has 0 aliphatic carbocycles. The lowest BCUT2D eigenvalue weighted by Gasteiger charge is -2.35. The van der Waals surface area contributed by atoms with E-state index >= 15 is 0 Å². The Hall–Kier alpha value is -1.94. The molecule has 0 spiro atoms. The molecule has 1 saturated heterocycles. The Morgan fingerprint density at radius 2 is 1.79 bits per heavy atom. The number of piperazine rings is 1. The van der Waals surface area contributed by atoms with Crippen molar-refractivity contribution in [1.82, 2.24) is 28.8 Å². The third-order valence-electron chi connectivity index (χ3n) is 5.24. The maximum Gasteiger partial charge on any atom is 0.224 e. The Balaban J connectivity index is 1.61. The Morgan fingerprint density at radius 3 is 2.36 bits per heavy atom. The number of carbonyl (C=O) groups excluding carboxylic acids is 1. The minimum atomic E-state index is -3.26. The van der Waals surface area contributed by atoms with Crippen molar-refractivity contribution in [2.75, 3.05) is 26.2 Å². The summed E-state index contributed by atoms with van der Waals surface area (Å²) in [4.78, 5) is 14.4. The molecule has 1 aliphatic heterocycles. The largest absolute Gasteiger partial charge is 0.340 e. The van der Waals surface area contributed by atoms with Crippen LogP contribution in [0.5, 0.6) is 0 Å². The highest BCUT2D eigenvalue weighted by molar-refractivity contribution is 7.89. The Labute approximate surface area is 166 Å². The van der Waals surface area contributed by atoms with Crippen molar-refractivity contribution in [1.29, 1.82) is 0 Å². The monoisotopic (exact) mass is 410 g/mol. The summed E-state index contributed by atoms with van der Waals surface area (Å²) in [6.07, 6.45) is 2.13. The van der Waals surface area contributed by atoms with Crippen LogP contribution in [0.2, 0.25) is 0 Å². The molecule has 0 bridgehead atoms. The Bertz CT molecular complexity index is 952. The Morgan fingerprint density at radius 1 is 1.14 bits per heavy atom. The van der Waals surface area contributed by atoms with E-state index < -0.39 is 15.3 Å². The number of aryl methyl sites for hydroxylation is 2. The molecular weight excluding hydrogens is 380 g/mol. The predicted molar refractivity (Wildman–Crippen MR) is 107 cm³/mol. The second-order valence-electron chi connectivity index (χ2n) is 7.85.